The van der Waals surface area contributed by atoms with Crippen molar-refractivity contribution in [3.63, 3.8) is 0 Å². The van der Waals surface area contributed by atoms with E-state index in [1.165, 1.54) is 17.0 Å². The van der Waals surface area contributed by atoms with E-state index in [9.17, 15) is 24.8 Å². The van der Waals surface area contributed by atoms with Gasteiger partial charge in [0.05, 0.1) is 16.5 Å². The SMILES string of the molecule is O=C(O)[C@@H]1c2ccc([N+](=O)[O-])cc2C(=O)N(CCCBr)[C@@H]1c1ccc(Cl)cc1. The Kier molecular flexibility index (Phi) is 6.00. The summed E-state index contributed by atoms with van der Waals surface area (Å²) in [5.74, 6) is -2.58. The van der Waals surface area contributed by atoms with Crippen LogP contribution in [0.3, 0.4) is 0 Å². The molecule has 0 spiro atoms. The second-order valence-electron chi connectivity index (χ2n) is 6.38. The number of carbonyl (C=O) groups excluding carboxylic acids is 1. The van der Waals surface area contributed by atoms with Gasteiger partial charge in [-0.1, -0.05) is 45.7 Å². The highest BCUT2D eigenvalue weighted by Gasteiger charge is 2.44. The summed E-state index contributed by atoms with van der Waals surface area (Å²) in [5, 5.41) is 22.2. The van der Waals surface area contributed by atoms with E-state index in [2.05, 4.69) is 15.9 Å². The molecular formula is C19H16BrClN2O5. The number of amides is 1. The van der Waals surface area contributed by atoms with Crippen molar-refractivity contribution < 1.29 is 19.6 Å². The number of halogens is 2. The first-order chi connectivity index (χ1) is 13.3. The molecule has 146 valence electrons. The summed E-state index contributed by atoms with van der Waals surface area (Å²) in [7, 11) is 0. The van der Waals surface area contributed by atoms with Gasteiger partial charge >= 0.3 is 5.97 Å². The lowest BCUT2D eigenvalue weighted by Gasteiger charge is -2.40. The molecule has 7 nitrogen and oxygen atoms in total. The number of nitro benzene ring substituents is 1. The molecule has 1 heterocycles. The molecule has 0 radical (unpaired) electrons. The van der Waals surface area contributed by atoms with Crippen LogP contribution in [0.1, 0.15) is 39.9 Å². The number of hydrogen-bond acceptors (Lipinski definition) is 4. The maximum Gasteiger partial charge on any atom is 0.313 e. The second kappa shape index (κ2) is 8.28. The van der Waals surface area contributed by atoms with Crippen LogP contribution in [0, 0.1) is 10.1 Å². The highest BCUT2D eigenvalue weighted by atomic mass is 79.9. The van der Waals surface area contributed by atoms with Gasteiger partial charge in [0.25, 0.3) is 11.6 Å². The van der Waals surface area contributed by atoms with Gasteiger partial charge < -0.3 is 10.0 Å². The lowest BCUT2D eigenvalue weighted by atomic mass is 9.79. The average molecular weight is 468 g/mol. The Bertz CT molecular complexity index is 934. The molecule has 9 heteroatoms. The van der Waals surface area contributed by atoms with Gasteiger partial charge in [0, 0.05) is 29.0 Å². The topological polar surface area (TPSA) is 101 Å². The Morgan fingerprint density at radius 1 is 1.25 bits per heavy atom. The molecule has 1 N–H and O–H groups in total. The average Bonchev–Trinajstić information content (AvgIpc) is 2.67. The van der Waals surface area contributed by atoms with Crippen molar-refractivity contribution in [2.24, 2.45) is 0 Å². The van der Waals surface area contributed by atoms with E-state index in [-0.39, 0.29) is 16.8 Å². The number of nitro groups is 1. The molecule has 0 unspecified atom stereocenters. The molecule has 2 aromatic rings. The first kappa shape index (κ1) is 20.3. The Hall–Kier alpha value is -2.45. The third kappa shape index (κ3) is 3.74. The molecule has 1 aliphatic heterocycles. The quantitative estimate of drug-likeness (QED) is 0.385. The molecule has 0 bridgehead atoms. The number of alkyl halides is 1. The highest BCUT2D eigenvalue weighted by Crippen LogP contribution is 2.44. The number of aliphatic carboxylic acids is 1. The molecule has 1 amide bonds. The van der Waals surface area contributed by atoms with Crippen LogP contribution in [-0.2, 0) is 4.79 Å². The number of nitrogens with zero attached hydrogens (tertiary/aromatic N) is 2. The molecule has 0 aromatic heterocycles. The summed E-state index contributed by atoms with van der Waals surface area (Å²) < 4.78 is 0. The Labute approximate surface area is 174 Å². The first-order valence-electron chi connectivity index (χ1n) is 8.48. The number of fused-ring (bicyclic) bond motifs is 1. The number of benzene rings is 2. The normalized spacial score (nSPS) is 18.6. The third-order valence-electron chi connectivity index (χ3n) is 4.74. The van der Waals surface area contributed by atoms with Crippen LogP contribution < -0.4 is 0 Å². The zero-order valence-corrected chi connectivity index (χ0v) is 16.9. The van der Waals surface area contributed by atoms with Gasteiger partial charge in [0.2, 0.25) is 0 Å². The van der Waals surface area contributed by atoms with Crippen molar-refractivity contribution in [3.8, 4) is 0 Å². The molecule has 0 fully saturated rings. The van der Waals surface area contributed by atoms with Crippen LogP contribution in [0.25, 0.3) is 0 Å². The number of non-ortho nitro benzene ring substituents is 1. The van der Waals surface area contributed by atoms with Gasteiger partial charge in [0.1, 0.15) is 5.92 Å². The van der Waals surface area contributed by atoms with Gasteiger partial charge in [-0.3, -0.25) is 19.7 Å². The maximum absolute atomic E-state index is 13.2. The summed E-state index contributed by atoms with van der Waals surface area (Å²) in [6.45, 7) is 0.309. The van der Waals surface area contributed by atoms with E-state index < -0.39 is 28.8 Å². The number of hydrogen-bond donors (Lipinski definition) is 1. The number of rotatable bonds is 6. The Morgan fingerprint density at radius 2 is 1.93 bits per heavy atom. The predicted octanol–water partition coefficient (Wildman–Crippen LogP) is 4.40. The zero-order chi connectivity index (χ0) is 20.4. The molecule has 2 aromatic carbocycles. The standard InChI is InChI=1S/C19H16BrClN2O5/c20-8-1-9-22-17(11-2-4-12(21)5-3-11)16(19(25)26)14-7-6-13(23(27)28)10-15(14)18(22)24/h2-7,10,16-17H,1,8-9H2,(H,25,26)/t16-,17-/m1/s1. The van der Waals surface area contributed by atoms with Gasteiger partial charge in [0.15, 0.2) is 0 Å². The van der Waals surface area contributed by atoms with Crippen LogP contribution in [0.2, 0.25) is 5.02 Å². The molecule has 28 heavy (non-hydrogen) atoms. The van der Waals surface area contributed by atoms with E-state index in [1.807, 2.05) is 0 Å². The van der Waals surface area contributed by atoms with Crippen molar-refractivity contribution in [1.82, 2.24) is 4.90 Å². The van der Waals surface area contributed by atoms with Crippen LogP contribution in [0.4, 0.5) is 5.69 Å². The lowest BCUT2D eigenvalue weighted by molar-refractivity contribution is -0.384. The van der Waals surface area contributed by atoms with Gasteiger partial charge in [-0.2, -0.15) is 0 Å². The monoisotopic (exact) mass is 466 g/mol. The summed E-state index contributed by atoms with van der Waals surface area (Å²) in [6.07, 6.45) is 0.604. The molecule has 0 aliphatic carbocycles. The van der Waals surface area contributed by atoms with Crippen molar-refractivity contribution in [3.05, 3.63) is 74.3 Å². The Balaban J connectivity index is 2.20. The van der Waals surface area contributed by atoms with Crippen LogP contribution >= 0.6 is 27.5 Å². The molecule has 0 saturated carbocycles. The second-order valence-corrected chi connectivity index (χ2v) is 7.61. The largest absolute Gasteiger partial charge is 0.481 e. The summed E-state index contributed by atoms with van der Waals surface area (Å²) in [6, 6.07) is 9.72. The molecule has 3 rings (SSSR count). The highest BCUT2D eigenvalue weighted by molar-refractivity contribution is 9.09. The smallest absolute Gasteiger partial charge is 0.313 e. The number of carbonyl (C=O) groups is 2. The Morgan fingerprint density at radius 3 is 2.50 bits per heavy atom. The van der Waals surface area contributed by atoms with Crippen LogP contribution in [-0.4, -0.2) is 38.7 Å². The van der Waals surface area contributed by atoms with Gasteiger partial charge in [-0.05, 0) is 29.7 Å². The fraction of sp³-hybridized carbons (Fsp3) is 0.263. The summed E-state index contributed by atoms with van der Waals surface area (Å²) in [5.41, 5.74) is 0.727. The van der Waals surface area contributed by atoms with Crippen molar-refractivity contribution >= 4 is 45.1 Å². The molecule has 0 saturated heterocycles. The lowest BCUT2D eigenvalue weighted by Crippen LogP contribution is -2.45. The minimum absolute atomic E-state index is 0.0568. The van der Waals surface area contributed by atoms with Crippen molar-refractivity contribution in [2.45, 2.75) is 18.4 Å². The predicted molar refractivity (Wildman–Crippen MR) is 107 cm³/mol. The van der Waals surface area contributed by atoms with E-state index in [0.29, 0.717) is 28.9 Å². The summed E-state index contributed by atoms with van der Waals surface area (Å²) >= 11 is 9.29. The first-order valence-corrected chi connectivity index (χ1v) is 9.98. The van der Waals surface area contributed by atoms with E-state index in [0.717, 1.165) is 6.07 Å². The fourth-order valence-corrected chi connectivity index (χ4v) is 3.89. The molecule has 2 atom stereocenters. The van der Waals surface area contributed by atoms with Crippen LogP contribution in [0.15, 0.2) is 42.5 Å². The molecular weight excluding hydrogens is 452 g/mol. The third-order valence-corrected chi connectivity index (χ3v) is 5.55. The number of carboxylic acids is 1. The van der Waals surface area contributed by atoms with E-state index >= 15 is 0 Å². The van der Waals surface area contributed by atoms with E-state index in [4.69, 9.17) is 11.6 Å². The van der Waals surface area contributed by atoms with Crippen LogP contribution in [0.5, 0.6) is 0 Å². The fourth-order valence-electron chi connectivity index (χ4n) is 3.52. The minimum Gasteiger partial charge on any atom is -0.481 e. The van der Waals surface area contributed by atoms with Gasteiger partial charge in [-0.25, -0.2) is 0 Å². The number of carboxylic acid groups (broad SMARTS) is 1. The van der Waals surface area contributed by atoms with Crippen molar-refractivity contribution in [1.29, 1.82) is 0 Å². The van der Waals surface area contributed by atoms with Gasteiger partial charge in [-0.15, -0.1) is 0 Å². The minimum atomic E-state index is -1.11. The zero-order valence-electron chi connectivity index (χ0n) is 14.5. The maximum atomic E-state index is 13.2. The summed E-state index contributed by atoms with van der Waals surface area (Å²) in [4.78, 5) is 37.4. The van der Waals surface area contributed by atoms with Crippen molar-refractivity contribution in [2.75, 3.05) is 11.9 Å². The van der Waals surface area contributed by atoms with E-state index in [1.54, 1.807) is 24.3 Å². The molecule has 1 aliphatic rings.